The first-order valence-electron chi connectivity index (χ1n) is 9.50. The van der Waals surface area contributed by atoms with Crippen molar-refractivity contribution in [1.29, 1.82) is 0 Å². The Labute approximate surface area is 150 Å². The van der Waals surface area contributed by atoms with Gasteiger partial charge in [-0.2, -0.15) is 0 Å². The van der Waals surface area contributed by atoms with Crippen molar-refractivity contribution in [3.05, 3.63) is 0 Å². The monoisotopic (exact) mass is 355 g/mol. The van der Waals surface area contributed by atoms with Gasteiger partial charge in [0.05, 0.1) is 5.92 Å². The first kappa shape index (κ1) is 18.0. The van der Waals surface area contributed by atoms with E-state index >= 15 is 0 Å². The zero-order valence-corrected chi connectivity index (χ0v) is 15.2. The number of piperidine rings is 1. The largest absolute Gasteiger partial charge is 0.342 e. The first-order valence-corrected chi connectivity index (χ1v) is 9.50. The van der Waals surface area contributed by atoms with Crippen molar-refractivity contribution >= 4 is 24.2 Å². The van der Waals surface area contributed by atoms with Gasteiger partial charge in [0.15, 0.2) is 0 Å². The fourth-order valence-electron chi connectivity index (χ4n) is 4.66. The molecule has 3 atom stereocenters. The van der Waals surface area contributed by atoms with Crippen LogP contribution in [0.25, 0.3) is 0 Å². The second-order valence-electron chi connectivity index (χ2n) is 7.98. The summed E-state index contributed by atoms with van der Waals surface area (Å²) >= 11 is 0. The minimum absolute atomic E-state index is 0. The molecule has 1 N–H and O–H groups in total. The maximum absolute atomic E-state index is 13.0. The molecule has 0 aromatic carbocycles. The Morgan fingerprint density at radius 2 is 1.38 bits per heavy atom. The van der Waals surface area contributed by atoms with Crippen molar-refractivity contribution in [2.75, 3.05) is 39.3 Å². The van der Waals surface area contributed by atoms with E-state index in [-0.39, 0.29) is 24.2 Å². The summed E-state index contributed by atoms with van der Waals surface area (Å²) in [6, 6.07) is 0. The molecule has 0 bridgehead atoms. The molecule has 4 aliphatic rings. The lowest BCUT2D eigenvalue weighted by Crippen LogP contribution is -2.47. The lowest BCUT2D eigenvalue weighted by molar-refractivity contribution is -0.141. The van der Waals surface area contributed by atoms with E-state index in [1.54, 1.807) is 0 Å². The van der Waals surface area contributed by atoms with Crippen LogP contribution in [0.2, 0.25) is 0 Å². The molecule has 4 rings (SSSR count). The number of nitrogens with zero attached hydrogens (tertiary/aromatic N) is 2. The van der Waals surface area contributed by atoms with Gasteiger partial charge < -0.3 is 15.1 Å². The van der Waals surface area contributed by atoms with Gasteiger partial charge in [-0.25, -0.2) is 0 Å². The number of hydrogen-bond acceptors (Lipinski definition) is 3. The fourth-order valence-corrected chi connectivity index (χ4v) is 4.66. The zero-order chi connectivity index (χ0) is 15.8. The van der Waals surface area contributed by atoms with Crippen molar-refractivity contribution < 1.29 is 9.59 Å². The number of carbonyl (C=O) groups excluding carboxylic acids is 2. The molecule has 6 heteroatoms. The van der Waals surface area contributed by atoms with Crippen LogP contribution in [0.1, 0.15) is 38.5 Å². The van der Waals surface area contributed by atoms with Gasteiger partial charge in [0.2, 0.25) is 11.8 Å². The van der Waals surface area contributed by atoms with Gasteiger partial charge >= 0.3 is 0 Å². The van der Waals surface area contributed by atoms with Crippen molar-refractivity contribution in [3.63, 3.8) is 0 Å². The molecule has 3 aliphatic heterocycles. The third-order valence-electron chi connectivity index (χ3n) is 6.34. The minimum atomic E-state index is 0. The van der Waals surface area contributed by atoms with Crippen LogP contribution in [0.3, 0.4) is 0 Å². The molecular formula is C18H30ClN3O2. The normalized spacial score (nSPS) is 33.4. The molecule has 1 aliphatic carbocycles. The van der Waals surface area contributed by atoms with Gasteiger partial charge in [-0.1, -0.05) is 0 Å². The lowest BCUT2D eigenvalue weighted by Gasteiger charge is -2.35. The summed E-state index contributed by atoms with van der Waals surface area (Å²) in [6.07, 6.45) is 6.32. The molecule has 0 radical (unpaired) electrons. The van der Waals surface area contributed by atoms with Crippen molar-refractivity contribution in [2.24, 2.45) is 23.7 Å². The van der Waals surface area contributed by atoms with Crippen LogP contribution in [-0.2, 0) is 9.59 Å². The molecule has 1 saturated carbocycles. The summed E-state index contributed by atoms with van der Waals surface area (Å²) in [5.41, 5.74) is 0. The summed E-state index contributed by atoms with van der Waals surface area (Å²) < 4.78 is 0. The van der Waals surface area contributed by atoms with Crippen LogP contribution in [-0.4, -0.2) is 60.9 Å². The van der Waals surface area contributed by atoms with Crippen LogP contribution in [0, 0.1) is 23.7 Å². The Bertz CT molecular complexity index is 469. The quantitative estimate of drug-likeness (QED) is 0.817. The number of amides is 2. The number of halogens is 1. The average molecular weight is 356 g/mol. The molecule has 4 fully saturated rings. The molecule has 3 saturated heterocycles. The molecule has 3 heterocycles. The molecule has 136 valence electrons. The molecule has 0 aromatic heterocycles. The standard InChI is InChI=1S/C18H29N3O2.ClH/c22-17(13-3-4-13)21-7-1-2-16(12-21)18(23)20-8-5-14-10-19-11-15(14)6-9-20;/h13-16,19H,1-12H2;1H/t14-,15+,16?;. The Morgan fingerprint density at radius 3 is 2.00 bits per heavy atom. The average Bonchev–Trinajstić information content (AvgIpc) is 3.37. The van der Waals surface area contributed by atoms with Gasteiger partial charge in [-0.3, -0.25) is 9.59 Å². The van der Waals surface area contributed by atoms with E-state index in [9.17, 15) is 9.59 Å². The fraction of sp³-hybridized carbons (Fsp3) is 0.889. The Morgan fingerprint density at radius 1 is 0.750 bits per heavy atom. The molecule has 0 spiro atoms. The van der Waals surface area contributed by atoms with Gasteiger partial charge in [-0.05, 0) is 63.5 Å². The molecule has 1 unspecified atom stereocenters. The maximum Gasteiger partial charge on any atom is 0.227 e. The van der Waals surface area contributed by atoms with Crippen molar-refractivity contribution in [3.8, 4) is 0 Å². The predicted octanol–water partition coefficient (Wildman–Crippen LogP) is 1.51. The number of rotatable bonds is 2. The summed E-state index contributed by atoms with van der Waals surface area (Å²) in [4.78, 5) is 29.3. The topological polar surface area (TPSA) is 52.7 Å². The van der Waals surface area contributed by atoms with E-state index in [4.69, 9.17) is 0 Å². The Balaban J connectivity index is 0.00000169. The highest BCUT2D eigenvalue weighted by Gasteiger charge is 2.38. The van der Waals surface area contributed by atoms with Gasteiger partial charge in [0.1, 0.15) is 0 Å². The second kappa shape index (κ2) is 7.61. The summed E-state index contributed by atoms with van der Waals surface area (Å²) in [6.45, 7) is 5.59. The number of hydrogen-bond donors (Lipinski definition) is 1. The number of likely N-dealkylation sites (tertiary alicyclic amines) is 2. The Kier molecular flexibility index (Phi) is 5.70. The second-order valence-corrected chi connectivity index (χ2v) is 7.98. The Hall–Kier alpha value is -0.810. The predicted molar refractivity (Wildman–Crippen MR) is 94.9 cm³/mol. The lowest BCUT2D eigenvalue weighted by atomic mass is 9.92. The van der Waals surface area contributed by atoms with Gasteiger partial charge in [-0.15, -0.1) is 12.4 Å². The van der Waals surface area contributed by atoms with Crippen LogP contribution in [0.4, 0.5) is 0 Å². The smallest absolute Gasteiger partial charge is 0.227 e. The van der Waals surface area contributed by atoms with E-state index in [2.05, 4.69) is 10.2 Å². The maximum atomic E-state index is 13.0. The summed E-state index contributed by atoms with van der Waals surface area (Å²) in [5, 5.41) is 3.49. The SMILES string of the molecule is Cl.O=C(C1CCCN(C(=O)C2CC2)C1)N1CC[C@@H]2CNC[C@@H]2CC1. The highest BCUT2D eigenvalue weighted by atomic mass is 35.5. The van der Waals surface area contributed by atoms with E-state index in [0.717, 1.165) is 83.1 Å². The van der Waals surface area contributed by atoms with Crippen LogP contribution < -0.4 is 5.32 Å². The first-order chi connectivity index (χ1) is 11.2. The van der Waals surface area contributed by atoms with Crippen molar-refractivity contribution in [2.45, 2.75) is 38.5 Å². The molecule has 5 nitrogen and oxygen atoms in total. The minimum Gasteiger partial charge on any atom is -0.342 e. The number of fused-ring (bicyclic) bond motifs is 1. The molecule has 0 aromatic rings. The molecule has 2 amide bonds. The van der Waals surface area contributed by atoms with E-state index in [1.165, 1.54) is 0 Å². The summed E-state index contributed by atoms with van der Waals surface area (Å²) in [7, 11) is 0. The number of nitrogens with one attached hydrogen (secondary N) is 1. The zero-order valence-electron chi connectivity index (χ0n) is 14.4. The van der Waals surface area contributed by atoms with Crippen LogP contribution >= 0.6 is 12.4 Å². The van der Waals surface area contributed by atoms with E-state index < -0.39 is 0 Å². The molecular weight excluding hydrogens is 326 g/mol. The van der Waals surface area contributed by atoms with Gasteiger partial charge in [0, 0.05) is 32.1 Å². The number of carbonyl (C=O) groups is 2. The van der Waals surface area contributed by atoms with Crippen LogP contribution in [0.5, 0.6) is 0 Å². The van der Waals surface area contributed by atoms with Gasteiger partial charge in [0.25, 0.3) is 0 Å². The van der Waals surface area contributed by atoms with Crippen LogP contribution in [0.15, 0.2) is 0 Å². The third-order valence-corrected chi connectivity index (χ3v) is 6.34. The van der Waals surface area contributed by atoms with E-state index in [0.29, 0.717) is 18.4 Å². The highest BCUT2D eigenvalue weighted by Crippen LogP contribution is 2.33. The van der Waals surface area contributed by atoms with E-state index in [1.807, 2.05) is 4.90 Å². The third kappa shape index (κ3) is 3.72. The highest BCUT2D eigenvalue weighted by molar-refractivity contribution is 5.85. The summed E-state index contributed by atoms with van der Waals surface area (Å²) in [5.74, 6) is 2.45. The van der Waals surface area contributed by atoms with Crippen molar-refractivity contribution in [1.82, 2.24) is 15.1 Å². The molecule has 24 heavy (non-hydrogen) atoms.